The van der Waals surface area contributed by atoms with Crippen LogP contribution < -0.4 is 5.73 Å². The molecule has 1 saturated heterocycles. The van der Waals surface area contributed by atoms with E-state index in [9.17, 15) is 9.90 Å². The molecule has 3 N–H and O–H groups in total. The molecule has 5 heteroatoms. The Morgan fingerprint density at radius 3 is 2.48 bits per heavy atom. The Kier molecular flexibility index (Phi) is 4.01. The number of aliphatic hydroxyl groups excluding tert-OH is 1. The van der Waals surface area contributed by atoms with Gasteiger partial charge in [0.05, 0.1) is 12.2 Å². The third-order valence-corrected chi connectivity index (χ3v) is 6.01. The van der Waals surface area contributed by atoms with Gasteiger partial charge in [0.1, 0.15) is 0 Å². The number of likely N-dealkylation sites (tertiary alicyclic amines) is 1. The number of hydrogen-bond donors (Lipinski definition) is 2. The summed E-state index contributed by atoms with van der Waals surface area (Å²) >= 11 is 0. The Hall–Kier alpha value is -0.650. The van der Waals surface area contributed by atoms with Crippen molar-refractivity contribution in [1.29, 1.82) is 0 Å². The zero-order valence-corrected chi connectivity index (χ0v) is 13.0. The van der Waals surface area contributed by atoms with Gasteiger partial charge in [-0.05, 0) is 39.0 Å². The van der Waals surface area contributed by atoms with Gasteiger partial charge in [-0.2, -0.15) is 0 Å². The maximum absolute atomic E-state index is 12.4. The number of nitrogens with zero attached hydrogens (tertiary/aromatic N) is 1. The molecule has 3 fully saturated rings. The standard InChI is InChI=1S/C16H28N2O3/c1-2-21-13-10-12(19)16(13)6-8-18(9-7-16)14(20)11-15(17)4-3-5-15/h12-13,19H,2-11,17H2,1H3. The molecule has 2 unspecified atom stereocenters. The van der Waals surface area contributed by atoms with E-state index >= 15 is 0 Å². The maximum atomic E-state index is 12.4. The first-order valence-corrected chi connectivity index (χ1v) is 8.35. The third kappa shape index (κ3) is 2.60. The van der Waals surface area contributed by atoms with Gasteiger partial charge in [-0.3, -0.25) is 4.79 Å². The van der Waals surface area contributed by atoms with Gasteiger partial charge in [-0.1, -0.05) is 0 Å². The normalized spacial score (nSPS) is 33.4. The molecule has 2 aliphatic carbocycles. The summed E-state index contributed by atoms with van der Waals surface area (Å²) in [6.45, 7) is 4.15. The van der Waals surface area contributed by atoms with E-state index < -0.39 is 0 Å². The lowest BCUT2D eigenvalue weighted by molar-refractivity contribution is -0.210. The van der Waals surface area contributed by atoms with E-state index in [4.69, 9.17) is 10.5 Å². The molecule has 3 aliphatic rings. The smallest absolute Gasteiger partial charge is 0.224 e. The molecular formula is C16H28N2O3. The van der Waals surface area contributed by atoms with E-state index in [1.165, 1.54) is 0 Å². The average molecular weight is 296 g/mol. The van der Waals surface area contributed by atoms with Crippen LogP contribution in [0.3, 0.4) is 0 Å². The number of piperidine rings is 1. The monoisotopic (exact) mass is 296 g/mol. The molecule has 1 spiro atoms. The third-order valence-electron chi connectivity index (χ3n) is 6.01. The van der Waals surface area contributed by atoms with Crippen LogP contribution in [0.1, 0.15) is 51.9 Å². The largest absolute Gasteiger partial charge is 0.392 e. The summed E-state index contributed by atoms with van der Waals surface area (Å²) in [5.41, 5.74) is 5.83. The molecule has 1 amide bonds. The Morgan fingerprint density at radius 1 is 1.33 bits per heavy atom. The summed E-state index contributed by atoms with van der Waals surface area (Å²) in [6, 6.07) is 0. The molecule has 2 saturated carbocycles. The SMILES string of the molecule is CCOC1CC(O)C12CCN(C(=O)CC1(N)CCC1)CC2. The highest BCUT2D eigenvalue weighted by Gasteiger charge is 2.56. The van der Waals surface area contributed by atoms with Gasteiger partial charge in [0.15, 0.2) is 0 Å². The van der Waals surface area contributed by atoms with Gasteiger partial charge in [0.2, 0.25) is 5.91 Å². The molecule has 0 aromatic heterocycles. The van der Waals surface area contributed by atoms with Crippen molar-refractivity contribution in [1.82, 2.24) is 4.90 Å². The fraction of sp³-hybridized carbons (Fsp3) is 0.938. The zero-order chi connectivity index (χ0) is 15.1. The number of rotatable bonds is 4. The van der Waals surface area contributed by atoms with Gasteiger partial charge in [-0.15, -0.1) is 0 Å². The zero-order valence-electron chi connectivity index (χ0n) is 13.0. The second kappa shape index (κ2) is 5.52. The Labute approximate surface area is 126 Å². The van der Waals surface area contributed by atoms with Gasteiger partial charge >= 0.3 is 0 Å². The van der Waals surface area contributed by atoms with Crippen LogP contribution in [0.2, 0.25) is 0 Å². The number of carbonyl (C=O) groups is 1. The molecule has 21 heavy (non-hydrogen) atoms. The number of carbonyl (C=O) groups excluding carboxylic acids is 1. The van der Waals surface area contributed by atoms with Crippen LogP contribution in [0.15, 0.2) is 0 Å². The molecule has 120 valence electrons. The molecule has 0 bridgehead atoms. The van der Waals surface area contributed by atoms with Crippen molar-refractivity contribution in [2.75, 3.05) is 19.7 Å². The van der Waals surface area contributed by atoms with Crippen molar-refractivity contribution in [2.45, 2.75) is 69.6 Å². The Bertz CT molecular complexity index is 398. The van der Waals surface area contributed by atoms with Gasteiger partial charge < -0.3 is 20.5 Å². The fourth-order valence-electron chi connectivity index (χ4n) is 4.21. The van der Waals surface area contributed by atoms with Gasteiger partial charge in [0.25, 0.3) is 0 Å². The van der Waals surface area contributed by atoms with Crippen LogP contribution in [0.5, 0.6) is 0 Å². The quantitative estimate of drug-likeness (QED) is 0.812. The van der Waals surface area contributed by atoms with E-state index in [1.54, 1.807) is 0 Å². The van der Waals surface area contributed by atoms with Crippen LogP contribution in [0, 0.1) is 5.41 Å². The second-order valence-corrected chi connectivity index (χ2v) is 7.20. The summed E-state index contributed by atoms with van der Waals surface area (Å²) in [5.74, 6) is 0.189. The highest BCUT2D eigenvalue weighted by Crippen LogP contribution is 2.51. The molecule has 3 rings (SSSR count). The van der Waals surface area contributed by atoms with Crippen LogP contribution in [0.4, 0.5) is 0 Å². The topological polar surface area (TPSA) is 75.8 Å². The van der Waals surface area contributed by atoms with Crippen LogP contribution >= 0.6 is 0 Å². The molecule has 0 aromatic carbocycles. The lowest BCUT2D eigenvalue weighted by Gasteiger charge is -2.56. The first-order valence-electron chi connectivity index (χ1n) is 8.35. The summed E-state index contributed by atoms with van der Waals surface area (Å²) < 4.78 is 5.76. The van der Waals surface area contributed by atoms with E-state index in [2.05, 4.69) is 0 Å². The van der Waals surface area contributed by atoms with E-state index in [-0.39, 0.29) is 29.1 Å². The molecule has 0 aromatic rings. The molecule has 2 atom stereocenters. The molecular weight excluding hydrogens is 268 g/mol. The first kappa shape index (κ1) is 15.3. The maximum Gasteiger partial charge on any atom is 0.224 e. The van der Waals surface area contributed by atoms with Crippen LogP contribution in [-0.4, -0.2) is 53.4 Å². The molecule has 1 aliphatic heterocycles. The van der Waals surface area contributed by atoms with Crippen molar-refractivity contribution in [2.24, 2.45) is 11.1 Å². The first-order chi connectivity index (χ1) is 9.99. The Morgan fingerprint density at radius 2 is 2.00 bits per heavy atom. The summed E-state index contributed by atoms with van der Waals surface area (Å²) in [5, 5.41) is 10.2. The number of ether oxygens (including phenoxy) is 1. The van der Waals surface area contributed by atoms with Crippen molar-refractivity contribution < 1.29 is 14.6 Å². The molecule has 0 radical (unpaired) electrons. The fourth-order valence-corrected chi connectivity index (χ4v) is 4.21. The van der Waals surface area contributed by atoms with E-state index in [1.807, 2.05) is 11.8 Å². The van der Waals surface area contributed by atoms with Gasteiger partial charge in [0, 0.05) is 43.5 Å². The van der Waals surface area contributed by atoms with Crippen molar-refractivity contribution in [3.8, 4) is 0 Å². The number of hydrogen-bond acceptors (Lipinski definition) is 4. The van der Waals surface area contributed by atoms with Crippen molar-refractivity contribution in [3.63, 3.8) is 0 Å². The molecule has 5 nitrogen and oxygen atoms in total. The van der Waals surface area contributed by atoms with Gasteiger partial charge in [-0.25, -0.2) is 0 Å². The van der Waals surface area contributed by atoms with E-state index in [0.717, 1.165) is 51.6 Å². The average Bonchev–Trinajstić information content (AvgIpc) is 2.45. The minimum Gasteiger partial charge on any atom is -0.392 e. The Balaban J connectivity index is 1.53. The van der Waals surface area contributed by atoms with Crippen molar-refractivity contribution >= 4 is 5.91 Å². The van der Waals surface area contributed by atoms with Crippen LogP contribution in [0.25, 0.3) is 0 Å². The lowest BCUT2D eigenvalue weighted by atomic mass is 9.58. The summed E-state index contributed by atoms with van der Waals surface area (Å²) in [7, 11) is 0. The summed E-state index contributed by atoms with van der Waals surface area (Å²) in [6.07, 6.45) is 5.93. The minimum absolute atomic E-state index is 0.107. The minimum atomic E-state index is -0.265. The number of nitrogens with two attached hydrogens (primary N) is 1. The lowest BCUT2D eigenvalue weighted by Crippen LogP contribution is -2.63. The second-order valence-electron chi connectivity index (χ2n) is 7.20. The predicted octanol–water partition coefficient (Wildman–Crippen LogP) is 1.04. The molecule has 1 heterocycles. The predicted molar refractivity (Wildman–Crippen MR) is 79.7 cm³/mol. The highest BCUT2D eigenvalue weighted by molar-refractivity contribution is 5.77. The number of aliphatic hydroxyl groups is 1. The van der Waals surface area contributed by atoms with Crippen LogP contribution in [-0.2, 0) is 9.53 Å². The number of amides is 1. The highest BCUT2D eigenvalue weighted by atomic mass is 16.5. The van der Waals surface area contributed by atoms with E-state index in [0.29, 0.717) is 13.0 Å². The van der Waals surface area contributed by atoms with Crippen molar-refractivity contribution in [3.05, 3.63) is 0 Å². The summed E-state index contributed by atoms with van der Waals surface area (Å²) in [4.78, 5) is 14.3.